The summed E-state index contributed by atoms with van der Waals surface area (Å²) in [6.45, 7) is 18.9. The van der Waals surface area contributed by atoms with Crippen LogP contribution in [0.1, 0.15) is 86.5 Å². The number of rotatable bonds is 20. The molecule has 0 aliphatic rings. The molecule has 39 heavy (non-hydrogen) atoms. The first-order valence-corrected chi connectivity index (χ1v) is 15.4. The van der Waals surface area contributed by atoms with Crippen molar-refractivity contribution in [3.8, 4) is 11.8 Å². The molecule has 0 amide bonds. The molecule has 0 aliphatic carbocycles. The predicted molar refractivity (Wildman–Crippen MR) is 163 cm³/mol. The highest BCUT2D eigenvalue weighted by atomic mass is 32.1. The Morgan fingerprint density at radius 1 is 0.641 bits per heavy atom. The Morgan fingerprint density at radius 2 is 1.00 bits per heavy atom. The Kier molecular flexibility index (Phi) is 13.8. The van der Waals surface area contributed by atoms with Crippen LogP contribution in [-0.4, -0.2) is 54.9 Å². The van der Waals surface area contributed by atoms with Gasteiger partial charge >= 0.3 is 0 Å². The van der Waals surface area contributed by atoms with Crippen molar-refractivity contribution in [1.82, 2.24) is 18.3 Å². The van der Waals surface area contributed by atoms with Crippen molar-refractivity contribution in [3.05, 3.63) is 21.9 Å². The molecule has 0 bridgehead atoms. The van der Waals surface area contributed by atoms with E-state index in [0.717, 1.165) is 84.5 Å². The monoisotopic (exact) mass is 584 g/mol. The van der Waals surface area contributed by atoms with E-state index in [1.807, 2.05) is 32.1 Å². The minimum Gasteiger partial charge on any atom is -0.493 e. The number of aromatic hydroxyl groups is 2. The molecule has 0 unspecified atom stereocenters. The zero-order valence-corrected chi connectivity index (χ0v) is 26.7. The molecule has 2 aromatic heterocycles. The van der Waals surface area contributed by atoms with E-state index in [1.165, 1.54) is 0 Å². The van der Waals surface area contributed by atoms with E-state index < -0.39 is 0 Å². The highest BCUT2D eigenvalue weighted by Crippen LogP contribution is 2.29. The van der Waals surface area contributed by atoms with Crippen LogP contribution in [0.25, 0.3) is 0 Å². The highest BCUT2D eigenvalue weighted by Gasteiger charge is 2.22. The van der Waals surface area contributed by atoms with Crippen LogP contribution in [0.2, 0.25) is 0 Å². The van der Waals surface area contributed by atoms with Crippen LogP contribution in [0, 0.1) is 20.4 Å². The zero-order chi connectivity index (χ0) is 29.1. The van der Waals surface area contributed by atoms with Gasteiger partial charge in [0.25, 0.3) is 0 Å². The van der Waals surface area contributed by atoms with Crippen molar-refractivity contribution in [2.24, 2.45) is 10.8 Å². The lowest BCUT2D eigenvalue weighted by Gasteiger charge is -2.25. The minimum absolute atomic E-state index is 0.0503. The molecule has 0 atom stereocenters. The SMILES string of the molecule is CCn1cc(O)n(CC(C)(C)CCCCOCCCOCCCCC(C)(C)Cn2c(O)cn(CC)c2=S)c1=S. The summed E-state index contributed by atoms with van der Waals surface area (Å²) < 4.78 is 20.4. The van der Waals surface area contributed by atoms with E-state index in [-0.39, 0.29) is 22.6 Å². The van der Waals surface area contributed by atoms with Gasteiger partial charge in [0.1, 0.15) is 0 Å². The van der Waals surface area contributed by atoms with Gasteiger partial charge in [-0.05, 0) is 81.2 Å². The van der Waals surface area contributed by atoms with E-state index in [2.05, 4.69) is 27.7 Å². The molecule has 224 valence electrons. The van der Waals surface area contributed by atoms with Crippen LogP contribution in [0.4, 0.5) is 0 Å². The van der Waals surface area contributed by atoms with Crippen LogP contribution in [-0.2, 0) is 35.7 Å². The highest BCUT2D eigenvalue weighted by molar-refractivity contribution is 7.71. The third-order valence-corrected chi connectivity index (χ3v) is 8.17. The van der Waals surface area contributed by atoms with Gasteiger partial charge in [-0.15, -0.1) is 0 Å². The molecule has 0 saturated heterocycles. The second-order valence-corrected chi connectivity index (χ2v) is 12.8. The van der Waals surface area contributed by atoms with Crippen LogP contribution < -0.4 is 0 Å². The summed E-state index contributed by atoms with van der Waals surface area (Å²) in [5.74, 6) is 0.490. The largest absolute Gasteiger partial charge is 0.493 e. The molecular formula is C29H52N4O4S2. The minimum atomic E-state index is 0.0503. The molecule has 0 radical (unpaired) electrons. The number of nitrogens with zero attached hydrogens (tertiary/aromatic N) is 4. The van der Waals surface area contributed by atoms with E-state index >= 15 is 0 Å². The molecule has 2 N–H and O–H groups in total. The summed E-state index contributed by atoms with van der Waals surface area (Å²) in [5, 5.41) is 20.4. The van der Waals surface area contributed by atoms with Crippen LogP contribution >= 0.6 is 24.4 Å². The Bertz CT molecular complexity index is 1030. The first kappa shape index (κ1) is 33.6. The normalized spacial score (nSPS) is 12.5. The molecule has 10 heteroatoms. The fourth-order valence-electron chi connectivity index (χ4n) is 4.88. The summed E-state index contributed by atoms with van der Waals surface area (Å²) in [4.78, 5) is 0. The number of ether oxygens (including phenoxy) is 2. The third kappa shape index (κ3) is 11.1. The van der Waals surface area contributed by atoms with E-state index in [4.69, 9.17) is 33.9 Å². The number of unbranched alkanes of at least 4 members (excludes halogenated alkanes) is 2. The van der Waals surface area contributed by atoms with Crippen molar-refractivity contribution >= 4 is 24.4 Å². The van der Waals surface area contributed by atoms with Gasteiger partial charge in [-0.3, -0.25) is 9.13 Å². The molecule has 0 fully saturated rings. The van der Waals surface area contributed by atoms with Crippen molar-refractivity contribution < 1.29 is 19.7 Å². The fourth-order valence-corrected chi connectivity index (χ4v) is 5.56. The van der Waals surface area contributed by atoms with Crippen molar-refractivity contribution in [2.75, 3.05) is 26.4 Å². The number of aryl methyl sites for hydroxylation is 2. The first-order valence-electron chi connectivity index (χ1n) is 14.5. The molecule has 0 spiro atoms. The summed E-state index contributed by atoms with van der Waals surface area (Å²) >= 11 is 11.0. The number of hydrogen-bond acceptors (Lipinski definition) is 6. The molecule has 8 nitrogen and oxygen atoms in total. The van der Waals surface area contributed by atoms with Gasteiger partial charge in [0.05, 0.1) is 12.4 Å². The van der Waals surface area contributed by atoms with Crippen molar-refractivity contribution in [2.45, 2.75) is 113 Å². The average molecular weight is 585 g/mol. The molecule has 0 aromatic carbocycles. The zero-order valence-electron chi connectivity index (χ0n) is 25.1. The van der Waals surface area contributed by atoms with Gasteiger partial charge < -0.3 is 28.8 Å². The van der Waals surface area contributed by atoms with Gasteiger partial charge in [0.15, 0.2) is 9.54 Å². The lowest BCUT2D eigenvalue weighted by molar-refractivity contribution is 0.0774. The quantitative estimate of drug-likeness (QED) is 0.125. The number of hydrogen-bond donors (Lipinski definition) is 2. The topological polar surface area (TPSA) is 78.6 Å². The molecular weight excluding hydrogens is 532 g/mol. The summed E-state index contributed by atoms with van der Waals surface area (Å²) in [6, 6.07) is 0. The van der Waals surface area contributed by atoms with Gasteiger partial charge in [0.2, 0.25) is 11.8 Å². The average Bonchev–Trinajstić information content (AvgIpc) is 3.30. The number of imidazole rings is 2. The molecule has 2 aromatic rings. The van der Waals surface area contributed by atoms with Crippen molar-refractivity contribution in [1.29, 1.82) is 0 Å². The first-order chi connectivity index (χ1) is 18.4. The second kappa shape index (κ2) is 16.0. The fraction of sp³-hybridized carbons (Fsp3) is 0.793. The lowest BCUT2D eigenvalue weighted by atomic mass is 9.87. The smallest absolute Gasteiger partial charge is 0.210 e. The molecule has 0 aliphatic heterocycles. The Hall–Kier alpha value is -1.62. The Labute approximate surface area is 245 Å². The Morgan fingerprint density at radius 3 is 1.33 bits per heavy atom. The molecule has 2 rings (SSSR count). The van der Waals surface area contributed by atoms with Gasteiger partial charge in [-0.25, -0.2) is 0 Å². The van der Waals surface area contributed by atoms with Gasteiger partial charge in [-0.1, -0.05) is 40.5 Å². The van der Waals surface area contributed by atoms with Crippen LogP contribution in [0.3, 0.4) is 0 Å². The van der Waals surface area contributed by atoms with Crippen LogP contribution in [0.15, 0.2) is 12.4 Å². The standard InChI is InChI=1S/C29H52N4O4S2/c1-7-30-20-24(34)32(26(30)38)22-28(3,4)14-9-11-16-36-18-13-19-37-17-12-10-15-29(5,6)23-33-25(35)21-31(8-2)27(33)39/h20-21,34-35H,7-19,22-23H2,1-6H3. The molecule has 0 saturated carbocycles. The third-order valence-electron chi connectivity index (χ3n) is 7.26. The van der Waals surface area contributed by atoms with E-state index in [9.17, 15) is 10.2 Å². The van der Waals surface area contributed by atoms with Gasteiger partial charge in [0, 0.05) is 52.6 Å². The summed E-state index contributed by atoms with van der Waals surface area (Å²) in [5.41, 5.74) is 0.101. The van der Waals surface area contributed by atoms with Crippen molar-refractivity contribution in [3.63, 3.8) is 0 Å². The summed E-state index contributed by atoms with van der Waals surface area (Å²) in [7, 11) is 0. The van der Waals surface area contributed by atoms with E-state index in [0.29, 0.717) is 22.6 Å². The van der Waals surface area contributed by atoms with Gasteiger partial charge in [-0.2, -0.15) is 0 Å². The molecule has 2 heterocycles. The maximum Gasteiger partial charge on any atom is 0.210 e. The summed E-state index contributed by atoms with van der Waals surface area (Å²) in [6.07, 6.45) is 10.7. The second-order valence-electron chi connectivity index (χ2n) is 12.1. The van der Waals surface area contributed by atoms with Crippen LogP contribution in [0.5, 0.6) is 11.8 Å². The maximum absolute atomic E-state index is 10.2. The lowest BCUT2D eigenvalue weighted by Crippen LogP contribution is -2.20. The maximum atomic E-state index is 10.2. The van der Waals surface area contributed by atoms with E-state index in [1.54, 1.807) is 12.4 Å². The predicted octanol–water partition coefficient (Wildman–Crippen LogP) is 7.32. The Balaban J connectivity index is 1.48. The number of aromatic nitrogens is 4.